The fourth-order valence-electron chi connectivity index (χ4n) is 3.98. The maximum absolute atomic E-state index is 12.4. The van der Waals surface area contributed by atoms with Gasteiger partial charge < -0.3 is 14.8 Å². The van der Waals surface area contributed by atoms with Crippen molar-refractivity contribution in [1.29, 1.82) is 0 Å². The van der Waals surface area contributed by atoms with E-state index in [0.29, 0.717) is 5.15 Å². The second kappa shape index (κ2) is 9.08. The normalized spacial score (nSPS) is 19.0. The summed E-state index contributed by atoms with van der Waals surface area (Å²) in [6.45, 7) is 5.58. The third kappa shape index (κ3) is 5.40. The number of hydrogen-bond acceptors (Lipinski definition) is 5. The molecule has 8 heteroatoms. The Bertz CT molecular complexity index is 1090. The van der Waals surface area contributed by atoms with Gasteiger partial charge in [-0.1, -0.05) is 41.9 Å². The highest BCUT2D eigenvalue weighted by Crippen LogP contribution is 2.44. The number of nitrogens with zero attached hydrogens (tertiary/aromatic N) is 3. The van der Waals surface area contributed by atoms with Gasteiger partial charge in [-0.3, -0.25) is 4.68 Å². The van der Waals surface area contributed by atoms with Crippen LogP contribution in [0, 0.1) is 0 Å². The summed E-state index contributed by atoms with van der Waals surface area (Å²) in [5, 5.41) is 8.74. The Morgan fingerprint density at radius 1 is 1.31 bits per heavy atom. The molecule has 7 nitrogen and oxygen atoms in total. The van der Waals surface area contributed by atoms with Crippen LogP contribution in [0.1, 0.15) is 63.4 Å². The number of halogens is 1. The largest absolute Gasteiger partial charge is 0.444 e. The Labute approximate surface area is 193 Å². The lowest BCUT2D eigenvalue weighted by Gasteiger charge is -2.24. The van der Waals surface area contributed by atoms with Crippen molar-refractivity contribution >= 4 is 28.6 Å². The molecule has 1 amide bonds. The van der Waals surface area contributed by atoms with Gasteiger partial charge in [0, 0.05) is 12.4 Å². The van der Waals surface area contributed by atoms with Crippen molar-refractivity contribution in [3.8, 4) is 0 Å². The van der Waals surface area contributed by atoms with Crippen LogP contribution in [0.25, 0.3) is 10.9 Å². The van der Waals surface area contributed by atoms with Gasteiger partial charge in [0.05, 0.1) is 29.6 Å². The average molecular weight is 457 g/mol. The van der Waals surface area contributed by atoms with E-state index in [-0.39, 0.29) is 18.2 Å². The SMILES string of the molecule is Cn1ncc2cc(Cl)nc(C3OC3CCCC(NC(=O)OC(C)(C)C)c3ccccc3)c21. The molecule has 2 aromatic heterocycles. The van der Waals surface area contributed by atoms with Crippen molar-refractivity contribution in [1.82, 2.24) is 20.1 Å². The minimum Gasteiger partial charge on any atom is -0.444 e. The monoisotopic (exact) mass is 456 g/mol. The number of epoxide rings is 1. The van der Waals surface area contributed by atoms with Crippen LogP contribution in [-0.2, 0) is 16.5 Å². The fourth-order valence-corrected chi connectivity index (χ4v) is 4.19. The number of alkyl carbamates (subject to hydrolysis) is 1. The Kier molecular flexibility index (Phi) is 6.40. The number of amides is 1. The molecule has 1 aliphatic rings. The first kappa shape index (κ1) is 22.6. The van der Waals surface area contributed by atoms with Crippen molar-refractivity contribution in [2.24, 2.45) is 7.05 Å². The summed E-state index contributed by atoms with van der Waals surface area (Å²) >= 11 is 6.20. The number of ether oxygens (including phenoxy) is 2. The molecule has 1 saturated heterocycles. The average Bonchev–Trinajstić information content (AvgIpc) is 3.40. The minimum atomic E-state index is -0.540. The van der Waals surface area contributed by atoms with Crippen molar-refractivity contribution in [3.63, 3.8) is 0 Å². The number of aromatic nitrogens is 3. The maximum Gasteiger partial charge on any atom is 0.408 e. The lowest BCUT2D eigenvalue weighted by atomic mass is 9.99. The molecule has 0 bridgehead atoms. The first-order chi connectivity index (χ1) is 15.2. The van der Waals surface area contributed by atoms with E-state index in [1.807, 2.05) is 68.9 Å². The van der Waals surface area contributed by atoms with Crippen LogP contribution in [0.5, 0.6) is 0 Å². The molecule has 3 atom stereocenters. The summed E-state index contributed by atoms with van der Waals surface area (Å²) in [6, 6.07) is 11.6. The first-order valence-corrected chi connectivity index (χ1v) is 11.3. The summed E-state index contributed by atoms with van der Waals surface area (Å²) in [6.07, 6.45) is 3.89. The van der Waals surface area contributed by atoms with E-state index in [2.05, 4.69) is 15.4 Å². The molecule has 3 heterocycles. The topological polar surface area (TPSA) is 81.6 Å². The van der Waals surface area contributed by atoms with Gasteiger partial charge >= 0.3 is 6.09 Å². The molecule has 32 heavy (non-hydrogen) atoms. The zero-order valence-corrected chi connectivity index (χ0v) is 19.6. The van der Waals surface area contributed by atoms with Gasteiger partial charge in [0.15, 0.2) is 0 Å². The van der Waals surface area contributed by atoms with E-state index in [1.54, 1.807) is 6.20 Å². The highest BCUT2D eigenvalue weighted by molar-refractivity contribution is 6.30. The van der Waals surface area contributed by atoms with E-state index >= 15 is 0 Å². The molecule has 0 saturated carbocycles. The molecule has 3 unspecified atom stereocenters. The number of hydrogen-bond donors (Lipinski definition) is 1. The van der Waals surface area contributed by atoms with E-state index in [4.69, 9.17) is 21.1 Å². The van der Waals surface area contributed by atoms with Crippen LogP contribution in [0.15, 0.2) is 42.6 Å². The smallest absolute Gasteiger partial charge is 0.408 e. The second-order valence-electron chi connectivity index (χ2n) is 9.17. The summed E-state index contributed by atoms with van der Waals surface area (Å²) in [5.74, 6) is 0. The Morgan fingerprint density at radius 2 is 2.06 bits per heavy atom. The molecule has 4 rings (SSSR count). The van der Waals surface area contributed by atoms with Gasteiger partial charge in [-0.2, -0.15) is 5.10 Å². The number of aryl methyl sites for hydroxylation is 1. The quantitative estimate of drug-likeness (QED) is 0.375. The summed E-state index contributed by atoms with van der Waals surface area (Å²) in [4.78, 5) is 16.9. The second-order valence-corrected chi connectivity index (χ2v) is 9.56. The molecule has 1 aromatic carbocycles. The number of carbonyl (C=O) groups excluding carboxylic acids is 1. The molecular formula is C24H29ClN4O3. The van der Waals surface area contributed by atoms with Crippen LogP contribution < -0.4 is 5.32 Å². The number of benzene rings is 1. The highest BCUT2D eigenvalue weighted by Gasteiger charge is 2.42. The van der Waals surface area contributed by atoms with Crippen LogP contribution in [0.3, 0.4) is 0 Å². The van der Waals surface area contributed by atoms with Gasteiger partial charge in [-0.05, 0) is 51.7 Å². The van der Waals surface area contributed by atoms with Crippen LogP contribution in [-0.4, -0.2) is 32.6 Å². The zero-order valence-electron chi connectivity index (χ0n) is 18.8. The summed E-state index contributed by atoms with van der Waals surface area (Å²) < 4.78 is 13.2. The minimum absolute atomic E-state index is 0.0806. The van der Waals surface area contributed by atoms with Crippen molar-refractivity contribution in [3.05, 3.63) is 59.0 Å². The van der Waals surface area contributed by atoms with Crippen LogP contribution >= 0.6 is 11.6 Å². The molecule has 1 aliphatic heterocycles. The van der Waals surface area contributed by atoms with E-state index in [0.717, 1.165) is 41.4 Å². The molecule has 1 fully saturated rings. The number of fused-ring (bicyclic) bond motifs is 1. The van der Waals surface area contributed by atoms with Crippen molar-refractivity contribution < 1.29 is 14.3 Å². The van der Waals surface area contributed by atoms with Gasteiger partial charge in [-0.15, -0.1) is 0 Å². The summed E-state index contributed by atoms with van der Waals surface area (Å²) in [5.41, 5.74) is 2.31. The molecule has 0 radical (unpaired) electrons. The zero-order chi connectivity index (χ0) is 22.9. The van der Waals surface area contributed by atoms with Gasteiger partial charge in [0.1, 0.15) is 16.9 Å². The lowest BCUT2D eigenvalue weighted by Crippen LogP contribution is -2.35. The maximum atomic E-state index is 12.4. The molecular weight excluding hydrogens is 428 g/mol. The fraction of sp³-hybridized carbons (Fsp3) is 0.458. The van der Waals surface area contributed by atoms with Crippen molar-refractivity contribution in [2.45, 2.75) is 63.9 Å². The molecule has 0 spiro atoms. The van der Waals surface area contributed by atoms with Crippen LogP contribution in [0.2, 0.25) is 5.15 Å². The number of carbonyl (C=O) groups is 1. The Morgan fingerprint density at radius 3 is 2.78 bits per heavy atom. The molecule has 0 aliphatic carbocycles. The number of rotatable bonds is 7. The van der Waals surface area contributed by atoms with E-state index < -0.39 is 11.7 Å². The number of nitrogens with one attached hydrogen (secondary N) is 1. The highest BCUT2D eigenvalue weighted by atomic mass is 35.5. The third-order valence-corrected chi connectivity index (χ3v) is 5.63. The van der Waals surface area contributed by atoms with E-state index in [9.17, 15) is 4.79 Å². The number of pyridine rings is 1. The Balaban J connectivity index is 1.38. The van der Waals surface area contributed by atoms with Crippen molar-refractivity contribution in [2.75, 3.05) is 0 Å². The summed E-state index contributed by atoms with van der Waals surface area (Å²) in [7, 11) is 1.89. The van der Waals surface area contributed by atoms with Crippen LogP contribution in [0.4, 0.5) is 4.79 Å². The molecule has 3 aromatic rings. The lowest BCUT2D eigenvalue weighted by molar-refractivity contribution is 0.0500. The molecule has 170 valence electrons. The Hall–Kier alpha value is -2.64. The standard InChI is InChI=1S/C24H29ClN4O3/c1-24(2,3)32-23(30)27-17(15-9-6-5-7-10-15)11-8-12-18-22(31-18)20-21-16(13-19(25)28-20)14-26-29(21)4/h5-7,9-10,13-14,17-18,22H,8,11-12H2,1-4H3,(H,27,30). The third-order valence-electron chi connectivity index (χ3n) is 5.44. The van der Waals surface area contributed by atoms with Gasteiger partial charge in [0.2, 0.25) is 0 Å². The van der Waals surface area contributed by atoms with Gasteiger partial charge in [-0.25, -0.2) is 9.78 Å². The molecule has 1 N–H and O–H groups in total. The predicted molar refractivity (Wildman–Crippen MR) is 124 cm³/mol. The first-order valence-electron chi connectivity index (χ1n) is 10.9. The predicted octanol–water partition coefficient (Wildman–Crippen LogP) is 5.50. The van der Waals surface area contributed by atoms with E-state index in [1.165, 1.54) is 0 Å². The van der Waals surface area contributed by atoms with Gasteiger partial charge in [0.25, 0.3) is 0 Å².